The number of benzene rings is 1. The monoisotopic (exact) mass is 512 g/mol. The minimum absolute atomic E-state index is 0.104. The molecule has 2 aliphatic rings. The van der Waals surface area contributed by atoms with Crippen molar-refractivity contribution in [3.63, 3.8) is 0 Å². The lowest BCUT2D eigenvalue weighted by atomic mass is 10.2. The summed E-state index contributed by atoms with van der Waals surface area (Å²) in [6.07, 6.45) is 9.87. The molecule has 38 heavy (non-hydrogen) atoms. The van der Waals surface area contributed by atoms with E-state index in [9.17, 15) is 4.79 Å². The highest BCUT2D eigenvalue weighted by atomic mass is 16.2. The molecule has 11 nitrogen and oxygen atoms in total. The fourth-order valence-electron chi connectivity index (χ4n) is 5.07. The molecule has 0 atom stereocenters. The predicted octanol–water partition coefficient (Wildman–Crippen LogP) is 3.72. The molecular weight excluding hydrogens is 480 g/mol. The Balaban J connectivity index is 1.20. The molecule has 11 heteroatoms. The third-order valence-electron chi connectivity index (χ3n) is 7.21. The Morgan fingerprint density at radius 3 is 2.45 bits per heavy atom. The number of likely N-dealkylation sites (N-methyl/N-ethyl adjacent to an activating group) is 1. The van der Waals surface area contributed by atoms with E-state index in [1.165, 1.54) is 12.8 Å². The Bertz CT molecular complexity index is 1390. The minimum atomic E-state index is -0.104. The van der Waals surface area contributed by atoms with Crippen LogP contribution in [0.3, 0.4) is 0 Å². The van der Waals surface area contributed by atoms with Crippen molar-refractivity contribution in [2.75, 3.05) is 43.9 Å². The number of carbonyl (C=O) groups is 1. The number of pyridine rings is 1. The lowest BCUT2D eigenvalue weighted by molar-refractivity contribution is 0.0662. The van der Waals surface area contributed by atoms with Crippen molar-refractivity contribution in [2.24, 2.45) is 0 Å². The number of rotatable bonds is 7. The van der Waals surface area contributed by atoms with Gasteiger partial charge in [-0.1, -0.05) is 12.8 Å². The summed E-state index contributed by atoms with van der Waals surface area (Å²) in [5.74, 6) is 1.13. The molecule has 6 rings (SSSR count). The molecule has 196 valence electrons. The maximum Gasteiger partial charge on any atom is 0.265 e. The van der Waals surface area contributed by atoms with Crippen LogP contribution in [-0.4, -0.2) is 73.5 Å². The van der Waals surface area contributed by atoms with Crippen molar-refractivity contribution >= 4 is 40.3 Å². The first-order chi connectivity index (χ1) is 18.6. The summed E-state index contributed by atoms with van der Waals surface area (Å²) in [4.78, 5) is 33.3. The van der Waals surface area contributed by atoms with Gasteiger partial charge in [0.2, 0.25) is 11.9 Å². The summed E-state index contributed by atoms with van der Waals surface area (Å²) in [5.41, 5.74) is 6.83. The Kier molecular flexibility index (Phi) is 6.84. The van der Waals surface area contributed by atoms with E-state index in [0.29, 0.717) is 17.6 Å². The van der Waals surface area contributed by atoms with Crippen LogP contribution in [0.15, 0.2) is 55.0 Å². The smallest absolute Gasteiger partial charge is 0.265 e. The average Bonchev–Trinajstić information content (AvgIpc) is 3.58. The zero-order valence-electron chi connectivity index (χ0n) is 21.5. The van der Waals surface area contributed by atoms with Gasteiger partial charge in [-0.05, 0) is 56.3 Å². The Morgan fingerprint density at radius 1 is 0.921 bits per heavy atom. The highest BCUT2D eigenvalue weighted by Gasteiger charge is 2.24. The first-order valence-electron chi connectivity index (χ1n) is 13.2. The highest BCUT2D eigenvalue weighted by molar-refractivity contribution is 5.94. The van der Waals surface area contributed by atoms with Crippen LogP contribution in [0, 0.1) is 0 Å². The van der Waals surface area contributed by atoms with E-state index in [1.807, 2.05) is 41.4 Å². The van der Waals surface area contributed by atoms with Crippen molar-refractivity contribution in [1.29, 1.82) is 0 Å². The van der Waals surface area contributed by atoms with E-state index in [0.717, 1.165) is 67.5 Å². The van der Waals surface area contributed by atoms with Crippen LogP contribution >= 0.6 is 0 Å². The molecule has 2 fully saturated rings. The van der Waals surface area contributed by atoms with Crippen LogP contribution in [0.25, 0.3) is 11.2 Å². The molecule has 1 aliphatic heterocycles. The lowest BCUT2D eigenvalue weighted by Gasteiger charge is -2.32. The Hall–Kier alpha value is -4.09. The first kappa shape index (κ1) is 24.3. The van der Waals surface area contributed by atoms with Crippen molar-refractivity contribution < 1.29 is 4.79 Å². The largest absolute Gasteiger partial charge is 0.324 e. The number of aromatic nitrogens is 5. The van der Waals surface area contributed by atoms with E-state index >= 15 is 0 Å². The van der Waals surface area contributed by atoms with Gasteiger partial charge >= 0.3 is 0 Å². The predicted molar refractivity (Wildman–Crippen MR) is 147 cm³/mol. The van der Waals surface area contributed by atoms with Gasteiger partial charge in [0.05, 0.1) is 18.1 Å². The molecule has 1 amide bonds. The number of anilines is 4. The topological polar surface area (TPSA) is 116 Å². The van der Waals surface area contributed by atoms with Gasteiger partial charge in [-0.15, -0.1) is 0 Å². The van der Waals surface area contributed by atoms with Crippen molar-refractivity contribution in [1.82, 2.24) is 39.8 Å². The standard InChI is InChI=1S/C27H32N10O/c1-35-13-15-36(16-14-35)34-25(38)19-8-10-20(11-9-19)30-26-29-18-23-24(33-26)37(22-6-2-3-7-22)27(32-23)31-21-5-4-12-28-17-21/h4-5,8-12,17-18,22H,2-3,6-7,13-16H2,1H3,(H,31,32)(H,34,38)(H,29,30,33). The summed E-state index contributed by atoms with van der Waals surface area (Å²) >= 11 is 0. The summed E-state index contributed by atoms with van der Waals surface area (Å²) in [5, 5.41) is 8.67. The van der Waals surface area contributed by atoms with E-state index in [4.69, 9.17) is 9.97 Å². The van der Waals surface area contributed by atoms with Crippen LogP contribution in [-0.2, 0) is 0 Å². The van der Waals surface area contributed by atoms with Gasteiger partial charge in [-0.2, -0.15) is 4.98 Å². The molecule has 1 saturated carbocycles. The van der Waals surface area contributed by atoms with Gasteiger partial charge in [-0.25, -0.2) is 15.0 Å². The van der Waals surface area contributed by atoms with Crippen LogP contribution < -0.4 is 16.1 Å². The van der Waals surface area contributed by atoms with E-state index in [-0.39, 0.29) is 5.91 Å². The van der Waals surface area contributed by atoms with E-state index in [1.54, 1.807) is 18.6 Å². The Morgan fingerprint density at radius 2 is 1.71 bits per heavy atom. The number of amides is 1. The minimum Gasteiger partial charge on any atom is -0.324 e. The number of carbonyl (C=O) groups excluding carboxylic acids is 1. The normalized spacial score (nSPS) is 17.1. The SMILES string of the molecule is CN1CCN(NC(=O)c2ccc(Nc3ncc4nc(Nc5cccnc5)n(C5CCCC5)c4n3)cc2)CC1. The second kappa shape index (κ2) is 10.7. The number of hydrazine groups is 1. The fourth-order valence-corrected chi connectivity index (χ4v) is 5.07. The maximum absolute atomic E-state index is 12.7. The number of piperazine rings is 1. The molecule has 0 radical (unpaired) electrons. The van der Waals surface area contributed by atoms with E-state index in [2.05, 4.69) is 42.5 Å². The second-order valence-corrected chi connectivity index (χ2v) is 9.95. The van der Waals surface area contributed by atoms with Gasteiger partial charge in [0.25, 0.3) is 5.91 Å². The summed E-state index contributed by atoms with van der Waals surface area (Å²) in [6.45, 7) is 3.51. The number of fused-ring (bicyclic) bond motifs is 1. The molecule has 1 aromatic carbocycles. The molecule has 0 unspecified atom stereocenters. The summed E-state index contributed by atoms with van der Waals surface area (Å²) in [7, 11) is 2.09. The molecular formula is C27H32N10O. The molecule has 4 aromatic rings. The van der Waals surface area contributed by atoms with Crippen LogP contribution in [0.4, 0.5) is 23.3 Å². The quantitative estimate of drug-likeness (QED) is 0.341. The van der Waals surface area contributed by atoms with Gasteiger partial charge in [0.15, 0.2) is 5.65 Å². The zero-order chi connectivity index (χ0) is 25.9. The number of imidazole rings is 1. The maximum atomic E-state index is 12.7. The molecule has 0 bridgehead atoms. The third-order valence-corrected chi connectivity index (χ3v) is 7.21. The molecule has 0 spiro atoms. The van der Waals surface area contributed by atoms with Crippen LogP contribution in [0.2, 0.25) is 0 Å². The van der Waals surface area contributed by atoms with Gasteiger partial charge in [0.1, 0.15) is 5.52 Å². The van der Waals surface area contributed by atoms with Gasteiger partial charge in [-0.3, -0.25) is 19.8 Å². The summed E-state index contributed by atoms with van der Waals surface area (Å²) < 4.78 is 2.20. The fraction of sp³-hybridized carbons (Fsp3) is 0.370. The van der Waals surface area contributed by atoms with Crippen molar-refractivity contribution in [3.05, 3.63) is 60.6 Å². The number of hydrogen-bond acceptors (Lipinski definition) is 9. The number of nitrogens with one attached hydrogen (secondary N) is 3. The highest BCUT2D eigenvalue weighted by Crippen LogP contribution is 2.35. The third kappa shape index (κ3) is 5.29. The molecule has 1 aliphatic carbocycles. The van der Waals surface area contributed by atoms with Crippen LogP contribution in [0.1, 0.15) is 42.1 Å². The molecule has 1 saturated heterocycles. The zero-order valence-corrected chi connectivity index (χ0v) is 21.5. The van der Waals surface area contributed by atoms with Gasteiger partial charge < -0.3 is 15.5 Å². The first-order valence-corrected chi connectivity index (χ1v) is 13.2. The van der Waals surface area contributed by atoms with Crippen molar-refractivity contribution in [2.45, 2.75) is 31.7 Å². The Labute approximate surface area is 221 Å². The van der Waals surface area contributed by atoms with Crippen LogP contribution in [0.5, 0.6) is 0 Å². The van der Waals surface area contributed by atoms with E-state index < -0.39 is 0 Å². The number of nitrogens with zero attached hydrogens (tertiary/aromatic N) is 7. The molecule has 4 heterocycles. The molecule has 3 N–H and O–H groups in total. The van der Waals surface area contributed by atoms with Gasteiger partial charge in [0, 0.05) is 49.7 Å². The van der Waals surface area contributed by atoms with Crippen molar-refractivity contribution in [3.8, 4) is 0 Å². The molecule has 3 aromatic heterocycles. The number of hydrogen-bond donors (Lipinski definition) is 3. The average molecular weight is 513 g/mol. The summed E-state index contributed by atoms with van der Waals surface area (Å²) in [6, 6.07) is 11.6. The second-order valence-electron chi connectivity index (χ2n) is 9.95. The lowest BCUT2D eigenvalue weighted by Crippen LogP contribution is -2.52.